The normalized spacial score (nSPS) is 13.2. The number of hydrogen-bond donors (Lipinski definition) is 1. The van der Waals surface area contributed by atoms with E-state index in [-0.39, 0.29) is 11.6 Å². The minimum atomic E-state index is -0.596. The number of fused-ring (bicyclic) bond motifs is 3. The minimum absolute atomic E-state index is 0.0568. The Labute approximate surface area is 137 Å². The molecule has 4 rings (SSSR count). The number of nitrogens with zero attached hydrogens (tertiary/aromatic N) is 3. The zero-order chi connectivity index (χ0) is 16.7. The van der Waals surface area contributed by atoms with Gasteiger partial charge in [-0.3, -0.25) is 0 Å². The maximum absolute atomic E-state index is 14.3. The highest BCUT2D eigenvalue weighted by Crippen LogP contribution is 2.40. The number of aromatic nitrogens is 2. The number of anilines is 3. The maximum atomic E-state index is 14.3. The van der Waals surface area contributed by atoms with Gasteiger partial charge in [0.15, 0.2) is 0 Å². The van der Waals surface area contributed by atoms with Crippen molar-refractivity contribution in [3.05, 3.63) is 65.9 Å². The molecule has 120 valence electrons. The van der Waals surface area contributed by atoms with Crippen molar-refractivity contribution in [3.63, 3.8) is 0 Å². The molecule has 0 saturated carbocycles. The SMILES string of the molecule is Nc1ncc2c(n1)-c1ccccc1N(c1c(F)cccc1F)CC2. The summed E-state index contributed by atoms with van der Waals surface area (Å²) < 4.78 is 28.6. The van der Waals surface area contributed by atoms with Crippen LogP contribution in [0.1, 0.15) is 5.56 Å². The Kier molecular flexibility index (Phi) is 3.37. The lowest BCUT2D eigenvalue weighted by Crippen LogP contribution is -2.21. The summed E-state index contributed by atoms with van der Waals surface area (Å²) in [6.45, 7) is 0.412. The topological polar surface area (TPSA) is 55.0 Å². The second kappa shape index (κ2) is 5.56. The molecule has 0 atom stereocenters. The lowest BCUT2D eigenvalue weighted by atomic mass is 10.1. The fourth-order valence-electron chi connectivity index (χ4n) is 3.08. The van der Waals surface area contributed by atoms with E-state index in [4.69, 9.17) is 5.73 Å². The van der Waals surface area contributed by atoms with Crippen molar-refractivity contribution in [1.82, 2.24) is 9.97 Å². The predicted octanol–water partition coefficient (Wildman–Crippen LogP) is 3.70. The highest BCUT2D eigenvalue weighted by atomic mass is 19.1. The molecule has 2 heterocycles. The number of halogens is 2. The molecule has 3 aromatic rings. The van der Waals surface area contributed by atoms with E-state index in [1.807, 2.05) is 24.3 Å². The molecular formula is C18H14F2N4. The van der Waals surface area contributed by atoms with Gasteiger partial charge in [-0.15, -0.1) is 0 Å². The first-order chi connectivity index (χ1) is 11.6. The third-order valence-electron chi connectivity index (χ3n) is 4.15. The van der Waals surface area contributed by atoms with Crippen LogP contribution in [-0.4, -0.2) is 16.5 Å². The summed E-state index contributed by atoms with van der Waals surface area (Å²) in [5.41, 5.74) is 8.75. The third kappa shape index (κ3) is 2.27. The van der Waals surface area contributed by atoms with Crippen LogP contribution in [-0.2, 0) is 6.42 Å². The Bertz CT molecular complexity index is 906. The van der Waals surface area contributed by atoms with Crippen molar-refractivity contribution < 1.29 is 8.78 Å². The summed E-state index contributed by atoms with van der Waals surface area (Å²) in [6, 6.07) is 11.3. The second-order valence-corrected chi connectivity index (χ2v) is 5.59. The quantitative estimate of drug-likeness (QED) is 0.741. The number of rotatable bonds is 1. The Morgan fingerprint density at radius 3 is 2.54 bits per heavy atom. The largest absolute Gasteiger partial charge is 0.368 e. The summed E-state index contributed by atoms with van der Waals surface area (Å²) in [7, 11) is 0. The van der Waals surface area contributed by atoms with Crippen LogP contribution in [0.5, 0.6) is 0 Å². The Morgan fingerprint density at radius 1 is 1.00 bits per heavy atom. The van der Waals surface area contributed by atoms with Gasteiger partial charge in [0.1, 0.15) is 17.3 Å². The van der Waals surface area contributed by atoms with Gasteiger partial charge in [0.2, 0.25) is 5.95 Å². The number of nitrogens with two attached hydrogens (primary N) is 1. The molecule has 2 aromatic carbocycles. The average Bonchev–Trinajstić information content (AvgIpc) is 2.73. The van der Waals surface area contributed by atoms with Crippen LogP contribution in [0.3, 0.4) is 0 Å². The van der Waals surface area contributed by atoms with E-state index in [9.17, 15) is 8.78 Å². The van der Waals surface area contributed by atoms with E-state index in [0.29, 0.717) is 24.3 Å². The molecule has 0 saturated heterocycles. The third-order valence-corrected chi connectivity index (χ3v) is 4.15. The van der Waals surface area contributed by atoms with E-state index >= 15 is 0 Å². The van der Waals surface area contributed by atoms with Crippen LogP contribution in [0.15, 0.2) is 48.7 Å². The highest BCUT2D eigenvalue weighted by Gasteiger charge is 2.25. The smallest absolute Gasteiger partial charge is 0.220 e. The fraction of sp³-hybridized carbons (Fsp3) is 0.111. The van der Waals surface area contributed by atoms with Crippen LogP contribution in [0, 0.1) is 11.6 Å². The van der Waals surface area contributed by atoms with E-state index in [1.165, 1.54) is 18.2 Å². The summed E-state index contributed by atoms with van der Waals surface area (Å²) in [5.74, 6) is -1.02. The molecule has 24 heavy (non-hydrogen) atoms. The van der Waals surface area contributed by atoms with Crippen LogP contribution in [0.2, 0.25) is 0 Å². The van der Waals surface area contributed by atoms with Gasteiger partial charge < -0.3 is 10.6 Å². The molecule has 0 spiro atoms. The first-order valence-electron chi connectivity index (χ1n) is 7.57. The number of benzene rings is 2. The molecule has 1 aromatic heterocycles. The fourth-order valence-corrected chi connectivity index (χ4v) is 3.08. The van der Waals surface area contributed by atoms with Crippen LogP contribution in [0.4, 0.5) is 26.1 Å². The minimum Gasteiger partial charge on any atom is -0.368 e. The summed E-state index contributed by atoms with van der Waals surface area (Å²) >= 11 is 0. The van der Waals surface area contributed by atoms with Crippen molar-refractivity contribution in [3.8, 4) is 11.3 Å². The van der Waals surface area contributed by atoms with Gasteiger partial charge in [-0.2, -0.15) is 0 Å². The van der Waals surface area contributed by atoms with Crippen molar-refractivity contribution in [2.45, 2.75) is 6.42 Å². The molecule has 6 heteroatoms. The predicted molar refractivity (Wildman–Crippen MR) is 88.9 cm³/mol. The first-order valence-corrected chi connectivity index (χ1v) is 7.57. The van der Waals surface area contributed by atoms with Crippen LogP contribution >= 0.6 is 0 Å². The zero-order valence-corrected chi connectivity index (χ0v) is 12.7. The molecule has 4 nitrogen and oxygen atoms in total. The summed E-state index contributed by atoms with van der Waals surface area (Å²) in [6.07, 6.45) is 2.23. The monoisotopic (exact) mass is 324 g/mol. The van der Waals surface area contributed by atoms with Gasteiger partial charge in [-0.1, -0.05) is 24.3 Å². The van der Waals surface area contributed by atoms with Crippen molar-refractivity contribution in [2.75, 3.05) is 17.2 Å². The zero-order valence-electron chi connectivity index (χ0n) is 12.7. The lowest BCUT2D eigenvalue weighted by molar-refractivity contribution is 0.580. The Hall–Kier alpha value is -3.02. The molecule has 0 radical (unpaired) electrons. The maximum Gasteiger partial charge on any atom is 0.220 e. The van der Waals surface area contributed by atoms with Crippen molar-refractivity contribution >= 4 is 17.3 Å². The summed E-state index contributed by atoms with van der Waals surface area (Å²) in [4.78, 5) is 10.0. The molecule has 1 aliphatic rings. The number of nitrogen functional groups attached to an aromatic ring is 1. The standard InChI is InChI=1S/C18H14F2N4/c19-13-5-3-6-14(20)17(13)24-9-8-11-10-22-18(21)23-16(11)12-4-1-2-7-15(12)24/h1-7,10H,8-9H2,(H2,21,22,23). The Morgan fingerprint density at radius 2 is 1.75 bits per heavy atom. The molecule has 0 fully saturated rings. The molecular weight excluding hydrogens is 310 g/mol. The lowest BCUT2D eigenvalue weighted by Gasteiger charge is -2.25. The van der Waals surface area contributed by atoms with Gasteiger partial charge >= 0.3 is 0 Å². The van der Waals surface area contributed by atoms with Crippen LogP contribution < -0.4 is 10.6 Å². The first kappa shape index (κ1) is 14.6. The van der Waals surface area contributed by atoms with Crippen molar-refractivity contribution in [1.29, 1.82) is 0 Å². The van der Waals surface area contributed by atoms with E-state index in [0.717, 1.165) is 11.1 Å². The average molecular weight is 324 g/mol. The number of para-hydroxylation sites is 2. The molecule has 0 aliphatic carbocycles. The van der Waals surface area contributed by atoms with Gasteiger partial charge in [0.05, 0.1) is 11.4 Å². The Balaban J connectivity index is 1.96. The number of hydrogen-bond acceptors (Lipinski definition) is 4. The van der Waals surface area contributed by atoms with Crippen molar-refractivity contribution in [2.24, 2.45) is 0 Å². The highest BCUT2D eigenvalue weighted by molar-refractivity contribution is 5.83. The van der Waals surface area contributed by atoms with Gasteiger partial charge in [-0.25, -0.2) is 18.7 Å². The van der Waals surface area contributed by atoms with E-state index in [1.54, 1.807) is 11.1 Å². The van der Waals surface area contributed by atoms with E-state index in [2.05, 4.69) is 9.97 Å². The van der Waals surface area contributed by atoms with Crippen LogP contribution in [0.25, 0.3) is 11.3 Å². The second-order valence-electron chi connectivity index (χ2n) is 5.59. The van der Waals surface area contributed by atoms with Gasteiger partial charge in [0.25, 0.3) is 0 Å². The van der Waals surface area contributed by atoms with Gasteiger partial charge in [-0.05, 0) is 30.2 Å². The van der Waals surface area contributed by atoms with Gasteiger partial charge in [0, 0.05) is 18.3 Å². The summed E-state index contributed by atoms with van der Waals surface area (Å²) in [5, 5.41) is 0. The molecule has 0 unspecified atom stereocenters. The molecule has 0 amide bonds. The molecule has 0 bridgehead atoms. The molecule has 2 N–H and O–H groups in total. The molecule has 1 aliphatic heterocycles. The van der Waals surface area contributed by atoms with E-state index < -0.39 is 11.6 Å².